The van der Waals surface area contributed by atoms with Crippen LogP contribution in [0.25, 0.3) is 0 Å². The van der Waals surface area contributed by atoms with Crippen molar-refractivity contribution in [3.05, 3.63) is 36.0 Å². The van der Waals surface area contributed by atoms with Gasteiger partial charge < -0.3 is 9.80 Å². The topological polar surface area (TPSA) is 78.0 Å². The van der Waals surface area contributed by atoms with Crippen LogP contribution >= 0.6 is 0 Å². The summed E-state index contributed by atoms with van der Waals surface area (Å²) in [5.74, 6) is 2.81. The Morgan fingerprint density at radius 2 is 1.92 bits per heavy atom. The number of carbonyl (C=O) groups is 1. The van der Waals surface area contributed by atoms with Gasteiger partial charge in [0, 0.05) is 61.9 Å². The van der Waals surface area contributed by atoms with Gasteiger partial charge >= 0.3 is 0 Å². The summed E-state index contributed by atoms with van der Waals surface area (Å²) in [5.41, 5.74) is 1.77. The van der Waals surface area contributed by atoms with Crippen molar-refractivity contribution in [1.82, 2.24) is 25.1 Å². The Kier molecular flexibility index (Phi) is 3.08. The van der Waals surface area contributed by atoms with Gasteiger partial charge in [0.1, 0.15) is 17.8 Å². The number of H-pyrrole nitrogens is 1. The highest BCUT2D eigenvalue weighted by Crippen LogP contribution is 2.40. The van der Waals surface area contributed by atoms with Crippen LogP contribution in [-0.2, 0) is 0 Å². The van der Waals surface area contributed by atoms with Crippen molar-refractivity contribution in [3.8, 4) is 0 Å². The van der Waals surface area contributed by atoms with Gasteiger partial charge in [0.25, 0.3) is 5.91 Å². The van der Waals surface area contributed by atoms with Crippen molar-refractivity contribution in [3.63, 3.8) is 0 Å². The first kappa shape index (κ1) is 13.9. The lowest BCUT2D eigenvalue weighted by Crippen LogP contribution is -2.33. The van der Waals surface area contributed by atoms with Crippen LogP contribution in [0.5, 0.6) is 0 Å². The number of carbonyl (C=O) groups excluding carboxylic acids is 1. The number of anilines is 1. The van der Waals surface area contributed by atoms with E-state index in [4.69, 9.17) is 0 Å². The quantitative estimate of drug-likeness (QED) is 0.920. The molecule has 5 rings (SSSR count). The van der Waals surface area contributed by atoms with Crippen LogP contribution in [0.4, 0.5) is 5.82 Å². The summed E-state index contributed by atoms with van der Waals surface area (Å²) in [6.45, 7) is 3.58. The molecule has 1 aliphatic carbocycles. The molecule has 3 fully saturated rings. The largest absolute Gasteiger partial charge is 0.356 e. The number of fused-ring (bicyclic) bond motifs is 1. The molecule has 0 bridgehead atoms. The van der Waals surface area contributed by atoms with Gasteiger partial charge in [0.15, 0.2) is 0 Å². The average Bonchev–Trinajstić information content (AvgIpc) is 2.99. The second kappa shape index (κ2) is 5.29. The van der Waals surface area contributed by atoms with Gasteiger partial charge in [-0.1, -0.05) is 0 Å². The highest BCUT2D eigenvalue weighted by atomic mass is 16.2. The van der Waals surface area contributed by atoms with E-state index in [0.717, 1.165) is 32.0 Å². The van der Waals surface area contributed by atoms with E-state index in [1.54, 1.807) is 18.6 Å². The number of rotatable bonds is 3. The van der Waals surface area contributed by atoms with Crippen LogP contribution < -0.4 is 4.90 Å². The van der Waals surface area contributed by atoms with Crippen molar-refractivity contribution >= 4 is 11.7 Å². The van der Waals surface area contributed by atoms with E-state index in [1.165, 1.54) is 18.5 Å². The lowest BCUT2D eigenvalue weighted by atomic mass is 10.0. The van der Waals surface area contributed by atoms with E-state index in [0.29, 0.717) is 23.4 Å². The summed E-state index contributed by atoms with van der Waals surface area (Å²) in [7, 11) is 0. The van der Waals surface area contributed by atoms with Crippen LogP contribution in [-0.4, -0.2) is 57.2 Å². The summed E-state index contributed by atoms with van der Waals surface area (Å²) >= 11 is 0. The second-order valence-corrected chi connectivity index (χ2v) is 7.18. The molecule has 2 unspecified atom stereocenters. The molecule has 2 aromatic heterocycles. The first-order valence-corrected chi connectivity index (χ1v) is 8.63. The maximum atomic E-state index is 12.4. The van der Waals surface area contributed by atoms with Gasteiger partial charge in [-0.2, -0.15) is 5.10 Å². The maximum absolute atomic E-state index is 12.4. The predicted octanol–water partition coefficient (Wildman–Crippen LogP) is 1.29. The molecule has 2 atom stereocenters. The van der Waals surface area contributed by atoms with Gasteiger partial charge in [-0.15, -0.1) is 0 Å². The molecule has 7 nitrogen and oxygen atoms in total. The molecule has 2 aliphatic heterocycles. The highest BCUT2D eigenvalue weighted by molar-refractivity contribution is 5.92. The Morgan fingerprint density at radius 3 is 2.58 bits per heavy atom. The van der Waals surface area contributed by atoms with Gasteiger partial charge in [-0.05, 0) is 18.9 Å². The molecule has 0 radical (unpaired) electrons. The third kappa shape index (κ3) is 2.35. The molecule has 4 heterocycles. The zero-order valence-electron chi connectivity index (χ0n) is 13.4. The van der Waals surface area contributed by atoms with E-state index in [9.17, 15) is 4.79 Å². The molecular formula is C17H20N6O. The third-order valence-corrected chi connectivity index (χ3v) is 5.50. The van der Waals surface area contributed by atoms with Gasteiger partial charge in [-0.3, -0.25) is 9.89 Å². The lowest BCUT2D eigenvalue weighted by Gasteiger charge is -2.22. The SMILES string of the molecule is O=C(c1ccn[nH]1)N1CC2CN(c3cc(C4CC4)ncn3)CC2C1. The molecule has 0 spiro atoms. The predicted molar refractivity (Wildman–Crippen MR) is 87.7 cm³/mol. The van der Waals surface area contributed by atoms with Gasteiger partial charge in [0.05, 0.1) is 0 Å². The number of hydrogen-bond donors (Lipinski definition) is 1. The van der Waals surface area contributed by atoms with Crippen LogP contribution in [0.1, 0.15) is 34.9 Å². The third-order valence-electron chi connectivity index (χ3n) is 5.50. The Hall–Kier alpha value is -2.44. The molecule has 124 valence electrons. The Bertz CT molecular complexity index is 742. The zero-order chi connectivity index (χ0) is 16.1. The minimum Gasteiger partial charge on any atom is -0.356 e. The van der Waals surface area contributed by atoms with E-state index in [2.05, 4.69) is 31.1 Å². The number of likely N-dealkylation sites (tertiary alicyclic amines) is 1. The number of hydrogen-bond acceptors (Lipinski definition) is 5. The summed E-state index contributed by atoms with van der Waals surface area (Å²) in [6, 6.07) is 3.90. The van der Waals surface area contributed by atoms with E-state index >= 15 is 0 Å². The molecule has 24 heavy (non-hydrogen) atoms. The minimum absolute atomic E-state index is 0.0616. The lowest BCUT2D eigenvalue weighted by molar-refractivity contribution is 0.0776. The molecular weight excluding hydrogens is 304 g/mol. The van der Waals surface area contributed by atoms with E-state index in [1.807, 2.05) is 4.90 Å². The fourth-order valence-electron chi connectivity index (χ4n) is 4.03. The number of aromatic nitrogens is 4. The van der Waals surface area contributed by atoms with E-state index < -0.39 is 0 Å². The maximum Gasteiger partial charge on any atom is 0.271 e. The first-order chi connectivity index (χ1) is 11.8. The Balaban J connectivity index is 1.27. The van der Waals surface area contributed by atoms with Crippen molar-refractivity contribution in [1.29, 1.82) is 0 Å². The standard InChI is InChI=1S/C17H20N6O/c24-17(14-3-4-20-21-14)23-8-12-6-22(7-13(12)9-23)16-5-15(11-1-2-11)18-10-19-16/h3-5,10-13H,1-2,6-9H2,(H,20,21). The molecule has 2 aromatic rings. The van der Waals surface area contributed by atoms with Crippen molar-refractivity contribution in [2.75, 3.05) is 31.1 Å². The minimum atomic E-state index is 0.0616. The fraction of sp³-hybridized carbons (Fsp3) is 0.529. The van der Waals surface area contributed by atoms with Crippen molar-refractivity contribution in [2.45, 2.75) is 18.8 Å². The molecule has 3 aliphatic rings. The Labute approximate surface area is 140 Å². The van der Waals surface area contributed by atoms with Crippen LogP contribution in [0.15, 0.2) is 24.7 Å². The van der Waals surface area contributed by atoms with Gasteiger partial charge in [-0.25, -0.2) is 9.97 Å². The molecule has 7 heteroatoms. The van der Waals surface area contributed by atoms with Crippen LogP contribution in [0, 0.1) is 11.8 Å². The molecule has 2 saturated heterocycles. The number of nitrogens with one attached hydrogen (secondary N) is 1. The fourth-order valence-corrected chi connectivity index (χ4v) is 4.03. The number of amides is 1. The molecule has 1 amide bonds. The van der Waals surface area contributed by atoms with Gasteiger partial charge in [0.2, 0.25) is 0 Å². The molecule has 1 N–H and O–H groups in total. The smallest absolute Gasteiger partial charge is 0.271 e. The number of nitrogens with zero attached hydrogens (tertiary/aromatic N) is 5. The average molecular weight is 324 g/mol. The molecule has 0 aromatic carbocycles. The summed E-state index contributed by atoms with van der Waals surface area (Å²) in [4.78, 5) is 25.6. The monoisotopic (exact) mass is 324 g/mol. The van der Waals surface area contributed by atoms with Crippen molar-refractivity contribution < 1.29 is 4.79 Å². The van der Waals surface area contributed by atoms with Crippen LogP contribution in [0.3, 0.4) is 0 Å². The van der Waals surface area contributed by atoms with Crippen molar-refractivity contribution in [2.24, 2.45) is 11.8 Å². The zero-order valence-corrected chi connectivity index (χ0v) is 13.4. The van der Waals surface area contributed by atoms with E-state index in [-0.39, 0.29) is 5.91 Å². The summed E-state index contributed by atoms with van der Waals surface area (Å²) in [6.07, 6.45) is 5.84. The highest BCUT2D eigenvalue weighted by Gasteiger charge is 2.42. The Morgan fingerprint density at radius 1 is 1.12 bits per heavy atom. The second-order valence-electron chi connectivity index (χ2n) is 7.18. The molecule has 1 saturated carbocycles. The van der Waals surface area contributed by atoms with Crippen LogP contribution in [0.2, 0.25) is 0 Å². The number of aromatic amines is 1. The summed E-state index contributed by atoms with van der Waals surface area (Å²) in [5, 5.41) is 6.64. The summed E-state index contributed by atoms with van der Waals surface area (Å²) < 4.78 is 0. The first-order valence-electron chi connectivity index (χ1n) is 8.63. The normalized spacial score (nSPS) is 26.0.